The second-order valence-corrected chi connectivity index (χ2v) is 5.67. The smallest absolute Gasteiger partial charge is 0.319 e. The Morgan fingerprint density at radius 1 is 1.27 bits per heavy atom. The summed E-state index contributed by atoms with van der Waals surface area (Å²) < 4.78 is 1.38. The number of aromatic nitrogens is 1. The van der Waals surface area contributed by atoms with Crippen molar-refractivity contribution in [3.63, 3.8) is 0 Å². The molecule has 0 fully saturated rings. The predicted molar refractivity (Wildman–Crippen MR) is 88.7 cm³/mol. The summed E-state index contributed by atoms with van der Waals surface area (Å²) >= 11 is 12.0. The van der Waals surface area contributed by atoms with Crippen molar-refractivity contribution in [2.75, 3.05) is 5.32 Å². The summed E-state index contributed by atoms with van der Waals surface area (Å²) in [6, 6.07) is 7.46. The first-order chi connectivity index (χ1) is 10.4. The Hall–Kier alpha value is -1.98. The van der Waals surface area contributed by atoms with E-state index in [1.165, 1.54) is 4.57 Å². The van der Waals surface area contributed by atoms with Crippen molar-refractivity contribution < 1.29 is 4.79 Å². The summed E-state index contributed by atoms with van der Waals surface area (Å²) in [5.74, 6) is 0. The van der Waals surface area contributed by atoms with E-state index in [9.17, 15) is 9.59 Å². The molecule has 22 heavy (non-hydrogen) atoms. The van der Waals surface area contributed by atoms with Gasteiger partial charge < -0.3 is 15.2 Å². The number of urea groups is 1. The van der Waals surface area contributed by atoms with E-state index in [0.717, 1.165) is 5.56 Å². The molecule has 7 heteroatoms. The molecule has 2 rings (SSSR count). The van der Waals surface area contributed by atoms with E-state index >= 15 is 0 Å². The minimum Gasteiger partial charge on any atom is -0.331 e. The quantitative estimate of drug-likeness (QED) is 0.897. The molecule has 1 heterocycles. The van der Waals surface area contributed by atoms with Gasteiger partial charge in [-0.15, -0.1) is 0 Å². The number of amides is 2. The van der Waals surface area contributed by atoms with Gasteiger partial charge in [0.05, 0.1) is 6.04 Å². The molecule has 1 aromatic heterocycles. The van der Waals surface area contributed by atoms with Crippen molar-refractivity contribution in [2.24, 2.45) is 7.05 Å². The van der Waals surface area contributed by atoms with E-state index in [4.69, 9.17) is 23.2 Å². The van der Waals surface area contributed by atoms with E-state index in [1.54, 1.807) is 50.5 Å². The van der Waals surface area contributed by atoms with Crippen molar-refractivity contribution >= 4 is 34.9 Å². The second-order valence-electron chi connectivity index (χ2n) is 4.82. The molecule has 1 unspecified atom stereocenters. The van der Waals surface area contributed by atoms with Gasteiger partial charge in [0.15, 0.2) is 0 Å². The van der Waals surface area contributed by atoms with Crippen LogP contribution >= 0.6 is 23.2 Å². The molecule has 1 atom stereocenters. The Labute approximate surface area is 137 Å². The first kappa shape index (κ1) is 16.4. The lowest BCUT2D eigenvalue weighted by molar-refractivity contribution is 0.249. The SMILES string of the molecule is CC(NC(=O)Nc1cccn(C)c1=O)c1ccc(Cl)cc1Cl. The van der Waals surface area contributed by atoms with Crippen molar-refractivity contribution in [1.29, 1.82) is 0 Å². The average molecular weight is 340 g/mol. The van der Waals surface area contributed by atoms with Crippen LogP contribution in [-0.4, -0.2) is 10.6 Å². The largest absolute Gasteiger partial charge is 0.331 e. The molecule has 5 nitrogen and oxygen atoms in total. The number of nitrogens with one attached hydrogen (secondary N) is 2. The number of aryl methyl sites for hydroxylation is 1. The Morgan fingerprint density at radius 3 is 2.68 bits per heavy atom. The molecule has 2 amide bonds. The van der Waals surface area contributed by atoms with Crippen LogP contribution in [0, 0.1) is 0 Å². The first-order valence-electron chi connectivity index (χ1n) is 6.56. The van der Waals surface area contributed by atoms with Crippen molar-refractivity contribution in [2.45, 2.75) is 13.0 Å². The van der Waals surface area contributed by atoms with Gasteiger partial charge in [-0.25, -0.2) is 4.79 Å². The third kappa shape index (κ3) is 3.81. The van der Waals surface area contributed by atoms with Gasteiger partial charge in [-0.05, 0) is 36.8 Å². The van der Waals surface area contributed by atoms with Gasteiger partial charge in [-0.2, -0.15) is 0 Å². The second kappa shape index (κ2) is 6.85. The Morgan fingerprint density at radius 2 is 2.00 bits per heavy atom. The van der Waals surface area contributed by atoms with Crippen LogP contribution in [0.25, 0.3) is 0 Å². The Balaban J connectivity index is 2.08. The molecular formula is C15H15Cl2N3O2. The van der Waals surface area contributed by atoms with E-state index in [2.05, 4.69) is 10.6 Å². The zero-order valence-corrected chi connectivity index (χ0v) is 13.6. The fraction of sp³-hybridized carbons (Fsp3) is 0.200. The Kier molecular flexibility index (Phi) is 5.11. The summed E-state index contributed by atoms with van der Waals surface area (Å²) in [5, 5.41) is 6.25. The minimum atomic E-state index is -0.484. The molecule has 0 bridgehead atoms. The Bertz CT molecular complexity index is 759. The number of benzene rings is 1. The van der Waals surface area contributed by atoms with Crippen molar-refractivity contribution in [1.82, 2.24) is 9.88 Å². The maximum Gasteiger partial charge on any atom is 0.319 e. The van der Waals surface area contributed by atoms with Crippen LogP contribution < -0.4 is 16.2 Å². The number of rotatable bonds is 3. The van der Waals surface area contributed by atoms with E-state index in [0.29, 0.717) is 10.0 Å². The summed E-state index contributed by atoms with van der Waals surface area (Å²) in [6.45, 7) is 1.79. The highest BCUT2D eigenvalue weighted by molar-refractivity contribution is 6.35. The van der Waals surface area contributed by atoms with Crippen LogP contribution in [-0.2, 0) is 7.05 Å². The lowest BCUT2D eigenvalue weighted by atomic mass is 10.1. The fourth-order valence-electron chi connectivity index (χ4n) is 1.98. The minimum absolute atomic E-state index is 0.205. The summed E-state index contributed by atoms with van der Waals surface area (Å²) in [5.41, 5.74) is 0.661. The van der Waals surface area contributed by atoms with Crippen molar-refractivity contribution in [3.05, 3.63) is 62.5 Å². The number of anilines is 1. The molecule has 0 spiro atoms. The number of hydrogen-bond acceptors (Lipinski definition) is 2. The monoisotopic (exact) mass is 339 g/mol. The summed E-state index contributed by atoms with van der Waals surface area (Å²) in [4.78, 5) is 23.8. The third-order valence-corrected chi connectivity index (χ3v) is 3.71. The van der Waals surface area contributed by atoms with E-state index in [1.807, 2.05) is 0 Å². The number of hydrogen-bond donors (Lipinski definition) is 2. The van der Waals surface area contributed by atoms with E-state index in [-0.39, 0.29) is 17.3 Å². The number of pyridine rings is 1. The fourth-order valence-corrected chi connectivity index (χ4v) is 2.55. The van der Waals surface area contributed by atoms with Gasteiger partial charge in [-0.1, -0.05) is 29.3 Å². The van der Waals surface area contributed by atoms with E-state index < -0.39 is 6.03 Å². The topological polar surface area (TPSA) is 63.1 Å². The van der Waals surface area contributed by atoms with Crippen LogP contribution in [0.15, 0.2) is 41.3 Å². The molecule has 2 aromatic rings. The molecule has 2 N–H and O–H groups in total. The standard InChI is InChI=1S/C15H15Cl2N3O2/c1-9(11-6-5-10(16)8-12(11)17)18-15(22)19-13-4-3-7-20(2)14(13)21/h3-9H,1-2H3,(H2,18,19,22). The molecule has 0 saturated heterocycles. The zero-order valence-electron chi connectivity index (χ0n) is 12.1. The molecule has 0 aliphatic carbocycles. The van der Waals surface area contributed by atoms with Gasteiger partial charge >= 0.3 is 6.03 Å². The molecule has 1 aromatic carbocycles. The average Bonchev–Trinajstić information content (AvgIpc) is 2.43. The molecule has 0 aliphatic heterocycles. The number of carbonyl (C=O) groups excluding carboxylic acids is 1. The molecular weight excluding hydrogens is 325 g/mol. The maximum absolute atomic E-state index is 12.0. The molecule has 116 valence electrons. The van der Waals surface area contributed by atoms with Gasteiger partial charge in [0, 0.05) is 23.3 Å². The highest BCUT2D eigenvalue weighted by Gasteiger charge is 2.14. The number of carbonyl (C=O) groups is 1. The number of halogens is 2. The van der Waals surface area contributed by atoms with Crippen LogP contribution in [0.5, 0.6) is 0 Å². The highest BCUT2D eigenvalue weighted by atomic mass is 35.5. The predicted octanol–water partition coefficient (Wildman–Crippen LogP) is 3.57. The van der Waals surface area contributed by atoms with Crippen LogP contribution in [0.4, 0.5) is 10.5 Å². The highest BCUT2D eigenvalue weighted by Crippen LogP contribution is 2.26. The normalized spacial score (nSPS) is 11.8. The summed E-state index contributed by atoms with van der Waals surface area (Å²) in [6.07, 6.45) is 1.61. The van der Waals surface area contributed by atoms with Crippen molar-refractivity contribution in [3.8, 4) is 0 Å². The third-order valence-electron chi connectivity index (χ3n) is 3.15. The lowest BCUT2D eigenvalue weighted by Crippen LogP contribution is -2.34. The van der Waals surface area contributed by atoms with Gasteiger partial charge in [0.2, 0.25) is 0 Å². The van der Waals surface area contributed by atoms with Crippen LogP contribution in [0.1, 0.15) is 18.5 Å². The van der Waals surface area contributed by atoms with Gasteiger partial charge in [0.1, 0.15) is 5.69 Å². The van der Waals surface area contributed by atoms with Gasteiger partial charge in [-0.3, -0.25) is 4.79 Å². The lowest BCUT2D eigenvalue weighted by Gasteiger charge is -2.16. The first-order valence-corrected chi connectivity index (χ1v) is 7.32. The zero-order chi connectivity index (χ0) is 16.3. The van der Waals surface area contributed by atoms with Crippen LogP contribution in [0.3, 0.4) is 0 Å². The maximum atomic E-state index is 12.0. The molecule has 0 aliphatic rings. The van der Waals surface area contributed by atoms with Gasteiger partial charge in [0.25, 0.3) is 5.56 Å². The number of nitrogens with zero attached hydrogens (tertiary/aromatic N) is 1. The summed E-state index contributed by atoms with van der Waals surface area (Å²) in [7, 11) is 1.61. The molecule has 0 saturated carbocycles. The van der Waals surface area contributed by atoms with Crippen LogP contribution in [0.2, 0.25) is 10.0 Å². The molecule has 0 radical (unpaired) electrons.